The number of esters is 1. The van der Waals surface area contributed by atoms with E-state index in [9.17, 15) is 4.79 Å². The van der Waals surface area contributed by atoms with Gasteiger partial charge >= 0.3 is 5.97 Å². The van der Waals surface area contributed by atoms with E-state index in [0.29, 0.717) is 36.9 Å². The van der Waals surface area contributed by atoms with E-state index in [1.807, 2.05) is 6.92 Å². The molecule has 0 saturated heterocycles. The van der Waals surface area contributed by atoms with Crippen molar-refractivity contribution in [2.24, 2.45) is 5.92 Å². The first-order valence-corrected chi connectivity index (χ1v) is 7.28. The normalized spacial score (nSPS) is 10.8. The molecule has 1 rings (SSSR count). The molecule has 0 unspecified atom stereocenters. The van der Waals surface area contributed by atoms with E-state index in [0.717, 1.165) is 11.6 Å². The Kier molecular flexibility index (Phi) is 6.80. The smallest absolute Gasteiger partial charge is 0.343 e. The molecule has 0 aromatic carbocycles. The van der Waals surface area contributed by atoms with Crippen molar-refractivity contribution in [1.82, 2.24) is 4.37 Å². The lowest BCUT2D eigenvalue weighted by Gasteiger charge is -2.09. The number of carbonyl (C=O) groups is 1. The summed E-state index contributed by atoms with van der Waals surface area (Å²) in [5, 5.41) is 3.93. The number of aromatic nitrogens is 1. The highest BCUT2D eigenvalue weighted by molar-refractivity contribution is 7.10. The first kappa shape index (κ1) is 15.9. The Morgan fingerprint density at radius 1 is 1.47 bits per heavy atom. The molecule has 1 aromatic heterocycles. The molecule has 6 heteroatoms. The lowest BCUT2D eigenvalue weighted by molar-refractivity contribution is 0.0527. The van der Waals surface area contributed by atoms with Crippen LogP contribution in [0.1, 0.15) is 36.8 Å². The zero-order valence-electron chi connectivity index (χ0n) is 12.0. The number of aryl methyl sites for hydroxylation is 1. The second-order valence-corrected chi connectivity index (χ2v) is 5.36. The molecule has 0 aliphatic carbocycles. The molecule has 0 saturated carbocycles. The second-order valence-electron chi connectivity index (χ2n) is 4.59. The van der Waals surface area contributed by atoms with Gasteiger partial charge in [-0.1, -0.05) is 13.8 Å². The van der Waals surface area contributed by atoms with Crippen LogP contribution < -0.4 is 5.32 Å². The van der Waals surface area contributed by atoms with Crippen molar-refractivity contribution in [2.45, 2.75) is 27.7 Å². The number of ether oxygens (including phenoxy) is 2. The zero-order chi connectivity index (χ0) is 14.3. The average Bonchev–Trinajstić information content (AvgIpc) is 2.70. The monoisotopic (exact) mass is 286 g/mol. The summed E-state index contributed by atoms with van der Waals surface area (Å²) in [6.45, 7) is 10.2. The van der Waals surface area contributed by atoms with Crippen LogP contribution >= 0.6 is 11.5 Å². The number of anilines is 1. The SMILES string of the molecule is CCOC(=O)c1c(C)nsc1NCCOCC(C)C. The van der Waals surface area contributed by atoms with E-state index < -0.39 is 0 Å². The van der Waals surface area contributed by atoms with Gasteiger partial charge in [-0.2, -0.15) is 4.37 Å². The lowest BCUT2D eigenvalue weighted by Crippen LogP contribution is -2.14. The highest BCUT2D eigenvalue weighted by atomic mass is 32.1. The first-order chi connectivity index (χ1) is 9.06. The van der Waals surface area contributed by atoms with E-state index in [2.05, 4.69) is 23.5 Å². The average molecular weight is 286 g/mol. The Balaban J connectivity index is 2.47. The van der Waals surface area contributed by atoms with Crippen LogP contribution in [-0.4, -0.2) is 36.7 Å². The minimum atomic E-state index is -0.320. The summed E-state index contributed by atoms with van der Waals surface area (Å²) in [6.07, 6.45) is 0. The summed E-state index contributed by atoms with van der Waals surface area (Å²) < 4.78 is 14.7. The van der Waals surface area contributed by atoms with Crippen molar-refractivity contribution < 1.29 is 14.3 Å². The molecule has 0 bridgehead atoms. The lowest BCUT2D eigenvalue weighted by atomic mass is 10.2. The molecule has 1 aromatic rings. The number of nitrogens with zero attached hydrogens (tertiary/aromatic N) is 1. The van der Waals surface area contributed by atoms with Gasteiger partial charge in [0.05, 0.1) is 18.9 Å². The minimum absolute atomic E-state index is 0.320. The fraction of sp³-hybridized carbons (Fsp3) is 0.692. The van der Waals surface area contributed by atoms with Gasteiger partial charge in [0.1, 0.15) is 10.6 Å². The third-order valence-electron chi connectivity index (χ3n) is 2.33. The van der Waals surface area contributed by atoms with Crippen LogP contribution in [0.15, 0.2) is 0 Å². The van der Waals surface area contributed by atoms with Gasteiger partial charge in [-0.15, -0.1) is 0 Å². The summed E-state index contributed by atoms with van der Waals surface area (Å²) in [7, 11) is 0. The van der Waals surface area contributed by atoms with Crippen LogP contribution in [0.25, 0.3) is 0 Å². The molecule has 0 atom stereocenters. The van der Waals surface area contributed by atoms with Crippen molar-refractivity contribution >= 4 is 22.5 Å². The van der Waals surface area contributed by atoms with E-state index in [1.54, 1.807) is 6.92 Å². The summed E-state index contributed by atoms with van der Waals surface area (Å²) >= 11 is 1.28. The van der Waals surface area contributed by atoms with Gasteiger partial charge in [0.25, 0.3) is 0 Å². The number of hydrogen-bond donors (Lipinski definition) is 1. The minimum Gasteiger partial charge on any atom is -0.462 e. The summed E-state index contributed by atoms with van der Waals surface area (Å²) in [4.78, 5) is 11.8. The van der Waals surface area contributed by atoms with Crippen molar-refractivity contribution in [3.05, 3.63) is 11.3 Å². The first-order valence-electron chi connectivity index (χ1n) is 6.51. The predicted molar refractivity (Wildman–Crippen MR) is 77.0 cm³/mol. The largest absolute Gasteiger partial charge is 0.462 e. The molecule has 0 amide bonds. The van der Waals surface area contributed by atoms with Crippen LogP contribution in [0.5, 0.6) is 0 Å². The van der Waals surface area contributed by atoms with Crippen LogP contribution in [0.2, 0.25) is 0 Å². The summed E-state index contributed by atoms with van der Waals surface area (Å²) in [5.74, 6) is 0.208. The van der Waals surface area contributed by atoms with Gasteiger partial charge in [0, 0.05) is 13.2 Å². The number of hydrogen-bond acceptors (Lipinski definition) is 6. The highest BCUT2D eigenvalue weighted by Gasteiger charge is 2.19. The molecule has 0 aliphatic rings. The number of nitrogens with one attached hydrogen (secondary N) is 1. The van der Waals surface area contributed by atoms with Gasteiger partial charge in [0.15, 0.2) is 0 Å². The molecular weight excluding hydrogens is 264 g/mol. The van der Waals surface area contributed by atoms with Crippen LogP contribution in [-0.2, 0) is 9.47 Å². The van der Waals surface area contributed by atoms with Gasteiger partial charge in [-0.3, -0.25) is 0 Å². The van der Waals surface area contributed by atoms with Crippen molar-refractivity contribution in [1.29, 1.82) is 0 Å². The van der Waals surface area contributed by atoms with Crippen LogP contribution in [0, 0.1) is 12.8 Å². The summed E-state index contributed by atoms with van der Waals surface area (Å²) in [5.41, 5.74) is 1.24. The van der Waals surface area contributed by atoms with E-state index in [-0.39, 0.29) is 5.97 Å². The van der Waals surface area contributed by atoms with Gasteiger partial charge in [0.2, 0.25) is 0 Å². The van der Waals surface area contributed by atoms with E-state index >= 15 is 0 Å². The Hall–Kier alpha value is -1.14. The predicted octanol–water partition coefficient (Wildman–Crippen LogP) is 2.71. The molecular formula is C13H22N2O3S. The Morgan fingerprint density at radius 2 is 2.21 bits per heavy atom. The maximum Gasteiger partial charge on any atom is 0.343 e. The summed E-state index contributed by atoms with van der Waals surface area (Å²) in [6, 6.07) is 0. The number of rotatable bonds is 8. The highest BCUT2D eigenvalue weighted by Crippen LogP contribution is 2.25. The quantitative estimate of drug-likeness (QED) is 0.588. The molecule has 0 radical (unpaired) electrons. The van der Waals surface area contributed by atoms with Gasteiger partial charge in [-0.25, -0.2) is 4.79 Å². The third kappa shape index (κ3) is 5.16. The van der Waals surface area contributed by atoms with Gasteiger partial charge < -0.3 is 14.8 Å². The maximum atomic E-state index is 11.8. The van der Waals surface area contributed by atoms with Crippen LogP contribution in [0.4, 0.5) is 5.00 Å². The third-order valence-corrected chi connectivity index (χ3v) is 3.22. The fourth-order valence-corrected chi connectivity index (χ4v) is 2.30. The molecule has 0 spiro atoms. The molecule has 0 aliphatic heterocycles. The Labute approximate surface area is 118 Å². The van der Waals surface area contributed by atoms with Crippen LogP contribution in [0.3, 0.4) is 0 Å². The molecule has 0 fully saturated rings. The topological polar surface area (TPSA) is 60.5 Å². The number of carbonyl (C=O) groups excluding carboxylic acids is 1. The molecule has 1 heterocycles. The molecule has 1 N–H and O–H groups in total. The second kappa shape index (κ2) is 8.12. The zero-order valence-corrected chi connectivity index (χ0v) is 12.8. The van der Waals surface area contributed by atoms with E-state index in [1.165, 1.54) is 11.5 Å². The molecule has 5 nitrogen and oxygen atoms in total. The molecule has 108 valence electrons. The standard InChI is InChI=1S/C13H22N2O3S/c1-5-18-13(16)11-10(4)15-19-12(11)14-6-7-17-8-9(2)3/h9,14H,5-8H2,1-4H3. The van der Waals surface area contributed by atoms with E-state index in [4.69, 9.17) is 9.47 Å². The maximum absolute atomic E-state index is 11.8. The van der Waals surface area contributed by atoms with Crippen molar-refractivity contribution in [2.75, 3.05) is 31.7 Å². The Morgan fingerprint density at radius 3 is 2.84 bits per heavy atom. The fourth-order valence-electron chi connectivity index (χ4n) is 1.49. The van der Waals surface area contributed by atoms with Gasteiger partial charge in [-0.05, 0) is 31.3 Å². The van der Waals surface area contributed by atoms with Crippen molar-refractivity contribution in [3.8, 4) is 0 Å². The van der Waals surface area contributed by atoms with Crippen molar-refractivity contribution in [3.63, 3.8) is 0 Å². The molecule has 19 heavy (non-hydrogen) atoms. The Bertz CT molecular complexity index is 405.